The van der Waals surface area contributed by atoms with Gasteiger partial charge in [0, 0.05) is 38.2 Å². The molecule has 166 valence electrons. The summed E-state index contributed by atoms with van der Waals surface area (Å²) in [6.45, 7) is 9.42. The van der Waals surface area contributed by atoms with E-state index in [0.717, 1.165) is 19.5 Å². The van der Waals surface area contributed by atoms with Crippen molar-refractivity contribution < 1.29 is 18.7 Å². The molecule has 2 aromatic rings. The summed E-state index contributed by atoms with van der Waals surface area (Å²) < 4.78 is 16.8. The van der Waals surface area contributed by atoms with Gasteiger partial charge in [-0.2, -0.15) is 0 Å². The quantitative estimate of drug-likeness (QED) is 0.724. The summed E-state index contributed by atoms with van der Waals surface area (Å²) in [4.78, 5) is 28.6. The molecule has 31 heavy (non-hydrogen) atoms. The van der Waals surface area contributed by atoms with Crippen LogP contribution in [-0.2, 0) is 24.4 Å². The van der Waals surface area contributed by atoms with Gasteiger partial charge < -0.3 is 18.8 Å². The minimum Gasteiger partial charge on any atom is -0.486 e. The molecule has 1 aromatic heterocycles. The van der Waals surface area contributed by atoms with Crippen LogP contribution in [0, 0.1) is 5.92 Å². The van der Waals surface area contributed by atoms with Crippen LogP contribution in [0.25, 0.3) is 0 Å². The zero-order valence-corrected chi connectivity index (χ0v) is 18.4. The van der Waals surface area contributed by atoms with Gasteiger partial charge in [-0.05, 0) is 38.3 Å². The first-order valence-corrected chi connectivity index (χ1v) is 10.8. The highest BCUT2D eigenvalue weighted by molar-refractivity contribution is 5.68. The van der Waals surface area contributed by atoms with E-state index >= 15 is 0 Å². The SMILES string of the molecule is CC(C)(C)OC(=O)N1CCC(COc2coc(CN3Cc4ccccc4C3)cc2=O)C1. The van der Waals surface area contributed by atoms with Gasteiger partial charge in [-0.3, -0.25) is 9.69 Å². The Bertz CT molecular complexity index is 969. The predicted molar refractivity (Wildman–Crippen MR) is 116 cm³/mol. The van der Waals surface area contributed by atoms with Crippen molar-refractivity contribution in [3.63, 3.8) is 0 Å². The van der Waals surface area contributed by atoms with E-state index in [1.807, 2.05) is 32.9 Å². The van der Waals surface area contributed by atoms with Gasteiger partial charge in [-0.25, -0.2) is 4.79 Å². The number of amides is 1. The summed E-state index contributed by atoms with van der Waals surface area (Å²) >= 11 is 0. The number of rotatable bonds is 5. The van der Waals surface area contributed by atoms with E-state index in [2.05, 4.69) is 17.0 Å². The Hall–Kier alpha value is -2.80. The van der Waals surface area contributed by atoms with E-state index < -0.39 is 5.60 Å². The maximum Gasteiger partial charge on any atom is 0.410 e. The molecule has 0 saturated carbocycles. The molecule has 3 heterocycles. The van der Waals surface area contributed by atoms with Crippen molar-refractivity contribution in [1.82, 2.24) is 9.80 Å². The summed E-state index contributed by atoms with van der Waals surface area (Å²) in [5, 5.41) is 0. The van der Waals surface area contributed by atoms with Gasteiger partial charge in [-0.15, -0.1) is 0 Å². The fourth-order valence-corrected chi connectivity index (χ4v) is 4.03. The Balaban J connectivity index is 1.27. The van der Waals surface area contributed by atoms with Gasteiger partial charge in [-0.1, -0.05) is 24.3 Å². The Kier molecular flexibility index (Phi) is 6.05. The first-order valence-electron chi connectivity index (χ1n) is 10.8. The van der Waals surface area contributed by atoms with Crippen LogP contribution in [0.1, 0.15) is 44.1 Å². The highest BCUT2D eigenvalue weighted by Crippen LogP contribution is 2.24. The topological polar surface area (TPSA) is 72.2 Å². The van der Waals surface area contributed by atoms with Crippen LogP contribution < -0.4 is 10.2 Å². The standard InChI is InChI=1S/C24H30N2O5/c1-24(2,3)31-23(28)26-9-8-17(11-26)15-30-22-16-29-20(10-21(22)27)14-25-12-18-6-4-5-7-19(18)13-25/h4-7,10,16-17H,8-9,11-15H2,1-3H3. The van der Waals surface area contributed by atoms with Gasteiger partial charge in [0.1, 0.15) is 17.6 Å². The molecule has 0 radical (unpaired) electrons. The molecule has 1 saturated heterocycles. The molecule has 0 spiro atoms. The monoisotopic (exact) mass is 426 g/mol. The molecule has 4 rings (SSSR count). The second-order valence-corrected chi connectivity index (χ2v) is 9.38. The number of likely N-dealkylation sites (tertiary alicyclic amines) is 1. The maximum atomic E-state index is 12.5. The van der Waals surface area contributed by atoms with Gasteiger partial charge in [0.15, 0.2) is 0 Å². The number of benzene rings is 1. The van der Waals surface area contributed by atoms with E-state index in [-0.39, 0.29) is 23.2 Å². The van der Waals surface area contributed by atoms with Crippen molar-refractivity contribution in [3.05, 3.63) is 63.7 Å². The lowest BCUT2D eigenvalue weighted by Gasteiger charge is -2.24. The molecule has 1 unspecified atom stereocenters. The number of fused-ring (bicyclic) bond motifs is 1. The first kappa shape index (κ1) is 21.4. The molecule has 1 amide bonds. The summed E-state index contributed by atoms with van der Waals surface area (Å²) in [6, 6.07) is 9.88. The molecule has 7 heteroatoms. The van der Waals surface area contributed by atoms with E-state index in [9.17, 15) is 9.59 Å². The van der Waals surface area contributed by atoms with Gasteiger partial charge >= 0.3 is 6.09 Å². The average Bonchev–Trinajstić information content (AvgIpc) is 3.32. The van der Waals surface area contributed by atoms with Crippen LogP contribution >= 0.6 is 0 Å². The second kappa shape index (κ2) is 8.75. The number of hydrogen-bond acceptors (Lipinski definition) is 6. The highest BCUT2D eigenvalue weighted by Gasteiger charge is 2.30. The van der Waals surface area contributed by atoms with Crippen LogP contribution in [0.4, 0.5) is 4.79 Å². The van der Waals surface area contributed by atoms with Gasteiger partial charge in [0.25, 0.3) is 0 Å². The third-order valence-corrected chi connectivity index (χ3v) is 5.55. The Labute approximate surface area is 182 Å². The summed E-state index contributed by atoms with van der Waals surface area (Å²) in [5.74, 6) is 1.00. The van der Waals surface area contributed by atoms with Crippen LogP contribution in [0.2, 0.25) is 0 Å². The molecule has 0 N–H and O–H groups in total. The van der Waals surface area contributed by atoms with Crippen LogP contribution in [0.5, 0.6) is 5.75 Å². The molecule has 7 nitrogen and oxygen atoms in total. The van der Waals surface area contributed by atoms with Crippen LogP contribution in [0.15, 0.2) is 45.8 Å². The van der Waals surface area contributed by atoms with E-state index in [1.54, 1.807) is 4.90 Å². The number of carbonyl (C=O) groups is 1. The van der Waals surface area contributed by atoms with Crippen molar-refractivity contribution >= 4 is 6.09 Å². The fourth-order valence-electron chi connectivity index (χ4n) is 4.03. The van der Waals surface area contributed by atoms with Gasteiger partial charge in [0.05, 0.1) is 13.2 Å². The summed E-state index contributed by atoms with van der Waals surface area (Å²) in [7, 11) is 0. The smallest absolute Gasteiger partial charge is 0.410 e. The van der Waals surface area contributed by atoms with Gasteiger partial charge in [0.2, 0.25) is 11.2 Å². The lowest BCUT2D eigenvalue weighted by Crippen LogP contribution is -2.35. The number of carbonyl (C=O) groups excluding carboxylic acids is 1. The van der Waals surface area contributed by atoms with Crippen molar-refractivity contribution in [3.8, 4) is 5.75 Å². The predicted octanol–water partition coefficient (Wildman–Crippen LogP) is 3.79. The first-order chi connectivity index (χ1) is 14.8. The Morgan fingerprint density at radius 3 is 2.55 bits per heavy atom. The van der Waals surface area contributed by atoms with E-state index in [0.29, 0.717) is 32.0 Å². The second-order valence-electron chi connectivity index (χ2n) is 9.38. The van der Waals surface area contributed by atoms with Crippen molar-refractivity contribution in [2.45, 2.75) is 52.4 Å². The molecule has 2 aliphatic rings. The molecule has 0 bridgehead atoms. The Morgan fingerprint density at radius 1 is 1.19 bits per heavy atom. The lowest BCUT2D eigenvalue weighted by atomic mass is 10.1. The van der Waals surface area contributed by atoms with Crippen LogP contribution in [0.3, 0.4) is 0 Å². The number of ether oxygens (including phenoxy) is 2. The molecule has 0 aliphatic carbocycles. The normalized spacial score (nSPS) is 18.8. The molecule has 1 aromatic carbocycles. The highest BCUT2D eigenvalue weighted by atomic mass is 16.6. The van der Waals surface area contributed by atoms with Crippen molar-refractivity contribution in [1.29, 1.82) is 0 Å². The maximum absolute atomic E-state index is 12.5. The van der Waals surface area contributed by atoms with E-state index in [4.69, 9.17) is 13.9 Å². The average molecular weight is 427 g/mol. The number of hydrogen-bond donors (Lipinski definition) is 0. The van der Waals surface area contributed by atoms with Crippen LogP contribution in [-0.4, -0.2) is 41.2 Å². The summed E-state index contributed by atoms with van der Waals surface area (Å²) in [6.07, 6.45) is 1.92. The van der Waals surface area contributed by atoms with Crippen molar-refractivity contribution in [2.24, 2.45) is 5.92 Å². The third-order valence-electron chi connectivity index (χ3n) is 5.55. The molecule has 2 aliphatic heterocycles. The van der Waals surface area contributed by atoms with E-state index in [1.165, 1.54) is 23.5 Å². The lowest BCUT2D eigenvalue weighted by molar-refractivity contribution is 0.0284. The van der Waals surface area contributed by atoms with Crippen molar-refractivity contribution in [2.75, 3.05) is 19.7 Å². The minimum atomic E-state index is -0.510. The minimum absolute atomic E-state index is 0.162. The molecular weight excluding hydrogens is 396 g/mol. The summed E-state index contributed by atoms with van der Waals surface area (Å²) in [5.41, 5.74) is 1.95. The number of nitrogens with zero attached hydrogens (tertiary/aromatic N) is 2. The molecular formula is C24H30N2O5. The molecule has 1 atom stereocenters. The largest absolute Gasteiger partial charge is 0.486 e. The zero-order chi connectivity index (χ0) is 22.0. The fraction of sp³-hybridized carbons (Fsp3) is 0.500. The third kappa shape index (κ3) is 5.47. The Morgan fingerprint density at radius 2 is 1.90 bits per heavy atom. The molecule has 1 fully saturated rings. The zero-order valence-electron chi connectivity index (χ0n) is 18.4.